The van der Waals surface area contributed by atoms with E-state index < -0.39 is 49.0 Å². The van der Waals surface area contributed by atoms with Gasteiger partial charge in [-0.05, 0) is 18.2 Å². The highest BCUT2D eigenvalue weighted by molar-refractivity contribution is 7.99. The third-order valence-corrected chi connectivity index (χ3v) is 7.13. The summed E-state index contributed by atoms with van der Waals surface area (Å²) >= 11 is 13.4. The Kier molecular flexibility index (Phi) is 8.10. The van der Waals surface area contributed by atoms with Crippen LogP contribution < -0.4 is 0 Å². The van der Waals surface area contributed by atoms with E-state index >= 15 is 0 Å². The van der Waals surface area contributed by atoms with Crippen molar-refractivity contribution in [3.8, 4) is 11.3 Å². The van der Waals surface area contributed by atoms with Gasteiger partial charge in [-0.3, -0.25) is 0 Å². The molecule has 1 fully saturated rings. The van der Waals surface area contributed by atoms with Crippen LogP contribution in [0.1, 0.15) is 6.04 Å². The lowest BCUT2D eigenvalue weighted by Gasteiger charge is -2.43. The molecule has 2 heterocycles. The first-order valence-corrected chi connectivity index (χ1v) is 11.9. The lowest BCUT2D eigenvalue weighted by atomic mass is 9.97. The molecular formula is C22H21Cl2N3O6S. The largest absolute Gasteiger partial charge is 0.480 e. The van der Waals surface area contributed by atoms with Gasteiger partial charge in [0.25, 0.3) is 0 Å². The van der Waals surface area contributed by atoms with Gasteiger partial charge in [-0.1, -0.05) is 70.5 Å². The standard InChI is InChI=1S/C22H21Cl2N3O6S/c23-14-7-6-13(8-15(14)24)34-22-21(32-11-18(29)30)19(20(31)17(10-28)33-22)27-9-16(25-26-27)12-4-2-1-3-5-12/h1-9,17,19-22,28,31H,10-11H2,(H,29,30)/t17-,19+,20+,21-,22-/m1/s1. The molecule has 9 nitrogen and oxygen atoms in total. The number of nitrogens with zero attached hydrogens (tertiary/aromatic N) is 3. The number of ether oxygens (including phenoxy) is 2. The number of halogens is 2. The van der Waals surface area contributed by atoms with Gasteiger partial charge in [0.05, 0.1) is 22.8 Å². The Bertz CT molecular complexity index is 1130. The van der Waals surface area contributed by atoms with Crippen molar-refractivity contribution in [2.75, 3.05) is 13.2 Å². The normalized spacial score (nSPS) is 24.8. The summed E-state index contributed by atoms with van der Waals surface area (Å²) in [5.41, 5.74) is 0.566. The maximum Gasteiger partial charge on any atom is 0.329 e. The lowest BCUT2D eigenvalue weighted by molar-refractivity contribution is -0.196. The number of hydrogen-bond donors (Lipinski definition) is 3. The number of aliphatic hydroxyl groups is 2. The first kappa shape index (κ1) is 24.9. The summed E-state index contributed by atoms with van der Waals surface area (Å²) in [5, 5.41) is 39.2. The van der Waals surface area contributed by atoms with Crippen molar-refractivity contribution in [3.63, 3.8) is 0 Å². The van der Waals surface area contributed by atoms with Crippen LogP contribution in [0.25, 0.3) is 11.3 Å². The molecule has 3 N–H and O–H groups in total. The minimum Gasteiger partial charge on any atom is -0.480 e. The van der Waals surface area contributed by atoms with Crippen LogP contribution in [0.5, 0.6) is 0 Å². The first-order chi connectivity index (χ1) is 16.4. The predicted octanol–water partition coefficient (Wildman–Crippen LogP) is 3.13. The molecule has 0 unspecified atom stereocenters. The number of aromatic nitrogens is 3. The van der Waals surface area contributed by atoms with Crippen molar-refractivity contribution < 1.29 is 29.6 Å². The molecule has 1 saturated heterocycles. The van der Waals surface area contributed by atoms with Gasteiger partial charge < -0.3 is 24.8 Å². The molecule has 0 bridgehead atoms. The summed E-state index contributed by atoms with van der Waals surface area (Å²) in [7, 11) is 0. The number of carbonyl (C=O) groups is 1. The summed E-state index contributed by atoms with van der Waals surface area (Å²) in [6.07, 6.45) is -1.54. The molecule has 12 heteroatoms. The van der Waals surface area contributed by atoms with Crippen molar-refractivity contribution in [1.29, 1.82) is 0 Å². The van der Waals surface area contributed by atoms with Crippen LogP contribution in [0.2, 0.25) is 10.0 Å². The van der Waals surface area contributed by atoms with Crippen LogP contribution in [0.15, 0.2) is 59.6 Å². The molecule has 5 atom stereocenters. The summed E-state index contributed by atoms with van der Waals surface area (Å²) in [5.74, 6) is -1.18. The number of carboxylic acids is 1. The summed E-state index contributed by atoms with van der Waals surface area (Å²) in [4.78, 5) is 12.0. The van der Waals surface area contributed by atoms with Crippen molar-refractivity contribution in [1.82, 2.24) is 15.0 Å². The Morgan fingerprint density at radius 1 is 1.18 bits per heavy atom. The highest BCUT2D eigenvalue weighted by Crippen LogP contribution is 2.41. The van der Waals surface area contributed by atoms with Crippen molar-refractivity contribution in [3.05, 3.63) is 64.8 Å². The lowest BCUT2D eigenvalue weighted by Crippen LogP contribution is -2.56. The fourth-order valence-electron chi connectivity index (χ4n) is 3.65. The molecular weight excluding hydrogens is 505 g/mol. The number of aliphatic hydroxyl groups excluding tert-OH is 2. The number of rotatable bonds is 8. The summed E-state index contributed by atoms with van der Waals surface area (Å²) in [6, 6.07) is 13.4. The zero-order chi connectivity index (χ0) is 24.2. The molecule has 0 saturated carbocycles. The van der Waals surface area contributed by atoms with Gasteiger partial charge in [-0.2, -0.15) is 0 Å². The molecule has 0 spiro atoms. The molecule has 180 valence electrons. The van der Waals surface area contributed by atoms with Gasteiger partial charge >= 0.3 is 5.97 Å². The molecule has 1 aromatic heterocycles. The topological polar surface area (TPSA) is 127 Å². The van der Waals surface area contributed by atoms with Gasteiger partial charge in [0.2, 0.25) is 0 Å². The van der Waals surface area contributed by atoms with Gasteiger partial charge in [0, 0.05) is 10.5 Å². The van der Waals surface area contributed by atoms with E-state index in [0.717, 1.165) is 5.56 Å². The third-order valence-electron chi connectivity index (χ3n) is 5.25. The van der Waals surface area contributed by atoms with E-state index in [0.29, 0.717) is 20.6 Å². The van der Waals surface area contributed by atoms with Gasteiger partial charge in [-0.25, -0.2) is 9.48 Å². The molecule has 0 radical (unpaired) electrons. The number of benzene rings is 2. The molecule has 34 heavy (non-hydrogen) atoms. The highest BCUT2D eigenvalue weighted by atomic mass is 35.5. The van der Waals surface area contributed by atoms with Gasteiger partial charge in [-0.15, -0.1) is 5.10 Å². The zero-order valence-corrected chi connectivity index (χ0v) is 19.9. The Morgan fingerprint density at radius 2 is 1.94 bits per heavy atom. The molecule has 1 aliphatic rings. The van der Waals surface area contributed by atoms with Crippen molar-refractivity contribution in [2.45, 2.75) is 34.7 Å². The smallest absolute Gasteiger partial charge is 0.329 e. The van der Waals surface area contributed by atoms with E-state index in [4.69, 9.17) is 32.7 Å². The predicted molar refractivity (Wildman–Crippen MR) is 126 cm³/mol. The zero-order valence-electron chi connectivity index (χ0n) is 17.6. The number of hydrogen-bond acceptors (Lipinski definition) is 8. The number of thioether (sulfide) groups is 1. The molecule has 1 aliphatic heterocycles. The van der Waals surface area contributed by atoms with E-state index in [2.05, 4.69) is 10.3 Å². The molecule has 2 aromatic carbocycles. The Balaban J connectivity index is 1.69. The van der Waals surface area contributed by atoms with Crippen LogP contribution in [0, 0.1) is 0 Å². The first-order valence-electron chi connectivity index (χ1n) is 10.2. The summed E-state index contributed by atoms with van der Waals surface area (Å²) < 4.78 is 13.0. The van der Waals surface area contributed by atoms with Crippen LogP contribution in [-0.4, -0.2) is 73.2 Å². The Labute approximate surface area is 209 Å². The summed E-state index contributed by atoms with van der Waals surface area (Å²) in [6.45, 7) is -1.10. The maximum atomic E-state index is 11.3. The number of carboxylic acid groups (broad SMARTS) is 1. The molecule has 4 rings (SSSR count). The van der Waals surface area contributed by atoms with Gasteiger partial charge in [0.1, 0.15) is 42.1 Å². The van der Waals surface area contributed by atoms with Crippen LogP contribution >= 0.6 is 35.0 Å². The second kappa shape index (κ2) is 11.0. The van der Waals surface area contributed by atoms with E-state index in [9.17, 15) is 20.1 Å². The monoisotopic (exact) mass is 525 g/mol. The molecule has 0 amide bonds. The second-order valence-corrected chi connectivity index (χ2v) is 9.51. The second-order valence-electron chi connectivity index (χ2n) is 7.52. The third kappa shape index (κ3) is 5.55. The number of aliphatic carboxylic acids is 1. The average Bonchev–Trinajstić information content (AvgIpc) is 3.31. The van der Waals surface area contributed by atoms with Crippen LogP contribution in [-0.2, 0) is 14.3 Å². The fraction of sp³-hybridized carbons (Fsp3) is 0.318. The Morgan fingerprint density at radius 3 is 2.62 bits per heavy atom. The highest BCUT2D eigenvalue weighted by Gasteiger charge is 2.48. The fourth-order valence-corrected chi connectivity index (χ4v) is 5.19. The maximum absolute atomic E-state index is 11.3. The molecule has 3 aromatic rings. The quantitative estimate of drug-likeness (QED) is 0.406. The Hall–Kier alpha value is -2.18. The van der Waals surface area contributed by atoms with Crippen molar-refractivity contribution in [2.24, 2.45) is 0 Å². The minimum absolute atomic E-state index is 0.338. The average molecular weight is 526 g/mol. The van der Waals surface area contributed by atoms with Crippen molar-refractivity contribution >= 4 is 40.9 Å². The SMILES string of the molecule is O=C(O)CO[C@@H]1[C@@H](n2cc(-c3ccccc3)nn2)[C@@H](O)[C@@H](CO)O[C@@H]1Sc1ccc(Cl)c(Cl)c1. The van der Waals surface area contributed by atoms with E-state index in [-0.39, 0.29) is 0 Å². The van der Waals surface area contributed by atoms with Crippen LogP contribution in [0.3, 0.4) is 0 Å². The van der Waals surface area contributed by atoms with E-state index in [1.54, 1.807) is 24.4 Å². The minimum atomic E-state index is -1.25. The molecule has 0 aliphatic carbocycles. The van der Waals surface area contributed by atoms with Crippen LogP contribution in [0.4, 0.5) is 0 Å². The van der Waals surface area contributed by atoms with E-state index in [1.807, 2.05) is 30.3 Å². The van der Waals surface area contributed by atoms with E-state index in [1.165, 1.54) is 16.4 Å². The van der Waals surface area contributed by atoms with Gasteiger partial charge in [0.15, 0.2) is 0 Å².